The number of hydrogen-bond donors (Lipinski definition) is 1. The molecule has 1 amide bonds. The van der Waals surface area contributed by atoms with Crippen molar-refractivity contribution < 1.29 is 9.18 Å². The van der Waals surface area contributed by atoms with Gasteiger partial charge in [-0.3, -0.25) is 4.79 Å². The highest BCUT2D eigenvalue weighted by Crippen LogP contribution is 2.32. The maximum Gasteiger partial charge on any atom is 0.276 e. The van der Waals surface area contributed by atoms with E-state index in [2.05, 4.69) is 27.1 Å². The van der Waals surface area contributed by atoms with Crippen LogP contribution in [0.1, 0.15) is 17.4 Å². The third kappa shape index (κ3) is 2.46. The Kier molecular flexibility index (Phi) is 3.52. The van der Waals surface area contributed by atoms with Crippen molar-refractivity contribution in [2.24, 2.45) is 5.92 Å². The summed E-state index contributed by atoms with van der Waals surface area (Å²) in [6.45, 7) is 3.41. The molecule has 0 atom stereocenters. The van der Waals surface area contributed by atoms with Crippen LogP contribution in [0.15, 0.2) is 30.6 Å². The van der Waals surface area contributed by atoms with Crippen LogP contribution >= 0.6 is 0 Å². The number of amides is 1. The number of aromatic nitrogens is 4. The molecule has 25 heavy (non-hydrogen) atoms. The summed E-state index contributed by atoms with van der Waals surface area (Å²) >= 11 is 0. The molecular weight excluding hydrogens is 323 g/mol. The van der Waals surface area contributed by atoms with Crippen molar-refractivity contribution >= 4 is 22.5 Å². The number of anilines is 1. The molecule has 2 aromatic heterocycles. The van der Waals surface area contributed by atoms with E-state index in [0.29, 0.717) is 24.4 Å². The van der Waals surface area contributed by atoms with Crippen LogP contribution in [0.4, 0.5) is 10.1 Å². The van der Waals surface area contributed by atoms with Gasteiger partial charge in [0, 0.05) is 30.9 Å². The summed E-state index contributed by atoms with van der Waals surface area (Å²) in [5.74, 6) is -0.126. The summed E-state index contributed by atoms with van der Waals surface area (Å²) in [6, 6.07) is 4.40. The summed E-state index contributed by atoms with van der Waals surface area (Å²) in [5, 5.41) is 8.49. The van der Waals surface area contributed by atoms with Gasteiger partial charge in [0.1, 0.15) is 11.3 Å². The van der Waals surface area contributed by atoms with Crippen molar-refractivity contribution in [2.75, 3.05) is 18.8 Å². The van der Waals surface area contributed by atoms with Gasteiger partial charge in [0.2, 0.25) is 0 Å². The third-order valence-corrected chi connectivity index (χ3v) is 4.27. The highest BCUT2D eigenvalue weighted by atomic mass is 19.1. The molecule has 1 aliphatic rings. The average molecular weight is 338 g/mol. The predicted octanol–water partition coefficient (Wildman–Crippen LogP) is 1.90. The van der Waals surface area contributed by atoms with E-state index in [1.807, 2.05) is 0 Å². The highest BCUT2D eigenvalue weighted by molar-refractivity contribution is 6.07. The van der Waals surface area contributed by atoms with Gasteiger partial charge in [-0.1, -0.05) is 6.92 Å². The summed E-state index contributed by atoms with van der Waals surface area (Å²) in [7, 11) is 0. The Bertz CT molecular complexity index is 972. The standard InChI is InChI=1S/C17H15FN6O/c1-9-7-24(8-9)17(25)15-13(19)10-3-4-11(18)12(14(10)22-23-15)16-20-5-2-6-21-16/h2-6,9H,7-8H2,1H3,(H2,19,22). The molecule has 7 nitrogen and oxygen atoms in total. The second kappa shape index (κ2) is 5.73. The van der Waals surface area contributed by atoms with Gasteiger partial charge in [-0.15, -0.1) is 10.2 Å². The molecule has 1 aromatic carbocycles. The number of halogens is 1. The number of likely N-dealkylation sites (tertiary alicyclic amines) is 1. The van der Waals surface area contributed by atoms with Crippen molar-refractivity contribution in [2.45, 2.75) is 6.92 Å². The number of carbonyl (C=O) groups excluding carboxylic acids is 1. The molecule has 3 aromatic rings. The lowest BCUT2D eigenvalue weighted by molar-refractivity contribution is 0.0524. The second-order valence-electron chi connectivity index (χ2n) is 6.17. The maximum atomic E-state index is 14.4. The van der Waals surface area contributed by atoms with E-state index in [4.69, 9.17) is 5.73 Å². The number of benzene rings is 1. The van der Waals surface area contributed by atoms with Crippen molar-refractivity contribution in [3.8, 4) is 11.4 Å². The summed E-state index contributed by atoms with van der Waals surface area (Å²) in [5.41, 5.74) is 6.78. The molecule has 0 spiro atoms. The van der Waals surface area contributed by atoms with E-state index in [-0.39, 0.29) is 34.2 Å². The lowest BCUT2D eigenvalue weighted by Crippen LogP contribution is -2.49. The van der Waals surface area contributed by atoms with Crippen molar-refractivity contribution in [3.63, 3.8) is 0 Å². The average Bonchev–Trinajstić information content (AvgIpc) is 2.59. The van der Waals surface area contributed by atoms with Gasteiger partial charge in [-0.2, -0.15) is 0 Å². The van der Waals surface area contributed by atoms with E-state index in [1.165, 1.54) is 24.5 Å². The molecule has 2 N–H and O–H groups in total. The number of carbonyl (C=O) groups is 1. The smallest absolute Gasteiger partial charge is 0.276 e. The van der Waals surface area contributed by atoms with Gasteiger partial charge in [0.05, 0.1) is 11.3 Å². The summed E-state index contributed by atoms with van der Waals surface area (Å²) in [4.78, 5) is 22.3. The number of fused-ring (bicyclic) bond motifs is 1. The quantitative estimate of drug-likeness (QED) is 0.766. The number of hydrogen-bond acceptors (Lipinski definition) is 6. The fourth-order valence-corrected chi connectivity index (χ4v) is 2.98. The summed E-state index contributed by atoms with van der Waals surface area (Å²) < 4.78 is 14.4. The van der Waals surface area contributed by atoms with Gasteiger partial charge in [0.15, 0.2) is 11.5 Å². The fourth-order valence-electron chi connectivity index (χ4n) is 2.98. The highest BCUT2D eigenvalue weighted by Gasteiger charge is 2.31. The van der Waals surface area contributed by atoms with Gasteiger partial charge in [0.25, 0.3) is 5.91 Å². The van der Waals surface area contributed by atoms with Crippen LogP contribution in [0.2, 0.25) is 0 Å². The van der Waals surface area contributed by atoms with Crippen LogP contribution in [0.5, 0.6) is 0 Å². The lowest BCUT2D eigenvalue weighted by atomic mass is 10.0. The van der Waals surface area contributed by atoms with Gasteiger partial charge in [-0.25, -0.2) is 14.4 Å². The van der Waals surface area contributed by atoms with Crippen LogP contribution in [0, 0.1) is 11.7 Å². The first-order chi connectivity index (χ1) is 12.1. The zero-order valence-electron chi connectivity index (χ0n) is 13.5. The zero-order chi connectivity index (χ0) is 17.6. The second-order valence-corrected chi connectivity index (χ2v) is 6.17. The predicted molar refractivity (Wildman–Crippen MR) is 90.0 cm³/mol. The van der Waals surface area contributed by atoms with Gasteiger partial charge in [-0.05, 0) is 24.1 Å². The van der Waals surface area contributed by atoms with Crippen LogP contribution in [-0.2, 0) is 0 Å². The number of nitrogen functional groups attached to an aromatic ring is 1. The number of nitrogens with two attached hydrogens (primary N) is 1. The van der Waals surface area contributed by atoms with Crippen LogP contribution in [-0.4, -0.2) is 44.1 Å². The van der Waals surface area contributed by atoms with Crippen LogP contribution in [0.3, 0.4) is 0 Å². The zero-order valence-corrected chi connectivity index (χ0v) is 13.5. The molecule has 1 fully saturated rings. The largest absolute Gasteiger partial charge is 0.396 e. The Morgan fingerprint density at radius 1 is 1.24 bits per heavy atom. The fraction of sp³-hybridized carbons (Fsp3) is 0.235. The van der Waals surface area contributed by atoms with Crippen LogP contribution < -0.4 is 5.73 Å². The molecule has 0 radical (unpaired) electrons. The molecule has 0 unspecified atom stereocenters. The van der Waals surface area contributed by atoms with E-state index in [0.717, 1.165) is 0 Å². The Labute approximate surface area is 142 Å². The van der Waals surface area contributed by atoms with Gasteiger partial charge >= 0.3 is 0 Å². The molecule has 1 saturated heterocycles. The third-order valence-electron chi connectivity index (χ3n) is 4.27. The minimum atomic E-state index is -0.525. The normalized spacial score (nSPS) is 14.6. The number of rotatable bonds is 2. The lowest BCUT2D eigenvalue weighted by Gasteiger charge is -2.36. The van der Waals surface area contributed by atoms with Crippen molar-refractivity contribution in [3.05, 3.63) is 42.1 Å². The SMILES string of the molecule is CC1CN(C(=O)c2nnc3c(-c4ncccn4)c(F)ccc3c2N)C1. The molecule has 3 heterocycles. The van der Waals surface area contributed by atoms with E-state index >= 15 is 0 Å². The Morgan fingerprint density at radius 3 is 2.64 bits per heavy atom. The number of nitrogens with zero attached hydrogens (tertiary/aromatic N) is 5. The molecule has 126 valence electrons. The van der Waals surface area contributed by atoms with Crippen molar-refractivity contribution in [1.29, 1.82) is 0 Å². The molecule has 8 heteroatoms. The molecule has 4 rings (SSSR count). The van der Waals surface area contributed by atoms with E-state index in [1.54, 1.807) is 11.0 Å². The first-order valence-electron chi connectivity index (χ1n) is 7.87. The first-order valence-corrected chi connectivity index (χ1v) is 7.87. The molecule has 1 aliphatic heterocycles. The monoisotopic (exact) mass is 338 g/mol. The molecule has 0 bridgehead atoms. The van der Waals surface area contributed by atoms with E-state index in [9.17, 15) is 9.18 Å². The topological polar surface area (TPSA) is 97.9 Å². The molecule has 0 aliphatic carbocycles. The Hall–Kier alpha value is -3.16. The molecular formula is C17H15FN6O. The Morgan fingerprint density at radius 2 is 1.96 bits per heavy atom. The van der Waals surface area contributed by atoms with E-state index < -0.39 is 5.82 Å². The van der Waals surface area contributed by atoms with Crippen molar-refractivity contribution in [1.82, 2.24) is 25.1 Å². The first kappa shape index (κ1) is 15.4. The minimum Gasteiger partial charge on any atom is -0.396 e. The van der Waals surface area contributed by atoms with Gasteiger partial charge < -0.3 is 10.6 Å². The molecule has 0 saturated carbocycles. The minimum absolute atomic E-state index is 0.0888. The maximum absolute atomic E-state index is 14.4. The summed E-state index contributed by atoms with van der Waals surface area (Å²) in [6.07, 6.45) is 3.03. The Balaban J connectivity index is 1.86. The van der Waals surface area contributed by atoms with Crippen LogP contribution in [0.25, 0.3) is 22.3 Å².